The Morgan fingerprint density at radius 3 is 2.54 bits per heavy atom. The summed E-state index contributed by atoms with van der Waals surface area (Å²) >= 11 is 0. The Balaban J connectivity index is 2.42. The minimum Gasteiger partial charge on any atom is -0.491 e. The first-order valence-corrected chi connectivity index (χ1v) is 9.24. The van der Waals surface area contributed by atoms with Crippen LogP contribution in [-0.4, -0.2) is 36.9 Å². The number of ether oxygens (including phenoxy) is 2. The van der Waals surface area contributed by atoms with Crippen molar-refractivity contribution in [2.75, 3.05) is 14.2 Å². The molecule has 0 spiro atoms. The van der Waals surface area contributed by atoms with E-state index in [1.54, 1.807) is 0 Å². The van der Waals surface area contributed by atoms with Crippen LogP contribution in [-0.2, 0) is 22.6 Å². The molecule has 2 atom stereocenters. The summed E-state index contributed by atoms with van der Waals surface area (Å²) in [5.41, 5.74) is -0.397. The monoisotopic (exact) mass is 422 g/mol. The Morgan fingerprint density at radius 2 is 1.96 bits per heavy atom. The van der Waals surface area contributed by atoms with Crippen molar-refractivity contribution in [3.8, 4) is 5.75 Å². The maximum Gasteiger partial charge on any atom is 0.358 e. The number of esters is 1. The molecule has 1 aromatic heterocycles. The minimum atomic E-state index is -0.854. The summed E-state index contributed by atoms with van der Waals surface area (Å²) < 4.78 is 10.8. The van der Waals surface area contributed by atoms with Crippen LogP contribution in [0, 0.1) is 0 Å². The van der Waals surface area contributed by atoms with Gasteiger partial charge in [-0.25, -0.2) is 4.79 Å². The first-order chi connectivity index (χ1) is 13.3. The third-order valence-corrected chi connectivity index (χ3v) is 4.84. The highest BCUT2D eigenvalue weighted by molar-refractivity contribution is 7.29. The molecule has 1 N–H and O–H groups in total. The molecular weight excluding hydrogens is 402 g/mol. The zero-order valence-electron chi connectivity index (χ0n) is 15.4. The Kier molecular flexibility index (Phi) is 7.44. The molecule has 28 heavy (non-hydrogen) atoms. The summed E-state index contributed by atoms with van der Waals surface area (Å²) in [5, 5.41) is 4.57. The number of pyridine rings is 1. The van der Waals surface area contributed by atoms with Gasteiger partial charge in [0.25, 0.3) is 5.91 Å². The number of aldehydes is 1. The number of benzene rings is 1. The molecule has 1 heterocycles. The number of carbonyl (C=O) groups excluding carboxylic acids is 3. The molecular formula is C18H20N2O6P2. The van der Waals surface area contributed by atoms with Crippen LogP contribution >= 0.6 is 18.5 Å². The van der Waals surface area contributed by atoms with Crippen molar-refractivity contribution in [2.45, 2.75) is 13.1 Å². The van der Waals surface area contributed by atoms with E-state index in [9.17, 15) is 19.2 Å². The van der Waals surface area contributed by atoms with Gasteiger partial charge in [0.15, 0.2) is 11.4 Å². The summed E-state index contributed by atoms with van der Waals surface area (Å²) in [4.78, 5) is 48.3. The van der Waals surface area contributed by atoms with Gasteiger partial charge in [0.05, 0.1) is 20.8 Å². The molecule has 0 saturated carbocycles. The predicted octanol–water partition coefficient (Wildman–Crippen LogP) is -0.227. The van der Waals surface area contributed by atoms with Crippen LogP contribution in [0.5, 0.6) is 5.75 Å². The fourth-order valence-electron chi connectivity index (χ4n) is 2.57. The molecule has 0 aliphatic heterocycles. The summed E-state index contributed by atoms with van der Waals surface area (Å²) in [6.45, 7) is -0.0659. The molecule has 0 fully saturated rings. The van der Waals surface area contributed by atoms with Crippen LogP contribution in [0.4, 0.5) is 0 Å². The highest BCUT2D eigenvalue weighted by Crippen LogP contribution is 2.16. The Morgan fingerprint density at radius 1 is 1.25 bits per heavy atom. The minimum absolute atomic E-state index is 0.191. The largest absolute Gasteiger partial charge is 0.491 e. The number of methoxy groups -OCH3 is 2. The van der Waals surface area contributed by atoms with Gasteiger partial charge < -0.3 is 24.2 Å². The molecule has 1 aromatic carbocycles. The molecule has 148 valence electrons. The second-order valence-corrected chi connectivity index (χ2v) is 6.99. The molecule has 2 rings (SSSR count). The van der Waals surface area contributed by atoms with Crippen LogP contribution in [0.1, 0.15) is 26.4 Å². The fourth-order valence-corrected chi connectivity index (χ4v) is 3.43. The van der Waals surface area contributed by atoms with Crippen LogP contribution in [0.25, 0.3) is 0 Å². The second-order valence-electron chi connectivity index (χ2n) is 5.71. The van der Waals surface area contributed by atoms with E-state index < -0.39 is 17.3 Å². The smallest absolute Gasteiger partial charge is 0.358 e. The Labute approximate surface area is 166 Å². The number of hydrogen-bond acceptors (Lipinski definition) is 6. The van der Waals surface area contributed by atoms with E-state index in [0.717, 1.165) is 34.0 Å². The summed E-state index contributed by atoms with van der Waals surface area (Å²) in [5.74, 6) is -1.87. The normalized spacial score (nSPS) is 10.3. The van der Waals surface area contributed by atoms with Gasteiger partial charge in [0.2, 0.25) is 5.43 Å². The topological polar surface area (TPSA) is 104 Å². The molecule has 0 radical (unpaired) electrons. The third kappa shape index (κ3) is 4.64. The van der Waals surface area contributed by atoms with E-state index in [4.69, 9.17) is 4.74 Å². The summed E-state index contributed by atoms with van der Waals surface area (Å²) in [6.07, 6.45) is 1.68. The van der Waals surface area contributed by atoms with Gasteiger partial charge in [0.1, 0.15) is 11.8 Å². The quantitative estimate of drug-likeness (QED) is 0.376. The zero-order valence-corrected chi connectivity index (χ0v) is 17.7. The van der Waals surface area contributed by atoms with E-state index >= 15 is 0 Å². The van der Waals surface area contributed by atoms with Gasteiger partial charge >= 0.3 is 5.97 Å². The summed E-state index contributed by atoms with van der Waals surface area (Å²) in [7, 11) is 7.50. The fraction of sp³-hybridized carbons (Fsp3) is 0.222. The predicted molar refractivity (Wildman–Crippen MR) is 111 cm³/mol. The lowest BCUT2D eigenvalue weighted by molar-refractivity contribution is -0.108. The number of amides is 1. The van der Waals surface area contributed by atoms with Crippen LogP contribution in [0.3, 0.4) is 0 Å². The highest BCUT2D eigenvalue weighted by atomic mass is 31.0. The van der Waals surface area contributed by atoms with Crippen molar-refractivity contribution in [1.82, 2.24) is 9.88 Å². The zero-order chi connectivity index (χ0) is 20.8. The van der Waals surface area contributed by atoms with Crippen molar-refractivity contribution in [3.05, 3.63) is 51.4 Å². The molecule has 0 aliphatic rings. The Bertz CT molecular complexity index is 987. The van der Waals surface area contributed by atoms with Crippen molar-refractivity contribution in [3.63, 3.8) is 0 Å². The average Bonchev–Trinajstić information content (AvgIpc) is 2.67. The Hall–Kier alpha value is -2.56. The molecule has 0 aliphatic carbocycles. The lowest BCUT2D eigenvalue weighted by atomic mass is 10.1. The number of carbonyl (C=O) groups is 3. The van der Waals surface area contributed by atoms with Gasteiger partial charge in [0, 0.05) is 12.7 Å². The van der Waals surface area contributed by atoms with Gasteiger partial charge in [-0.3, -0.25) is 9.59 Å². The van der Waals surface area contributed by atoms with Crippen molar-refractivity contribution < 1.29 is 23.9 Å². The van der Waals surface area contributed by atoms with Crippen LogP contribution in [0.2, 0.25) is 0 Å². The van der Waals surface area contributed by atoms with E-state index in [1.807, 2.05) is 18.2 Å². The van der Waals surface area contributed by atoms with Gasteiger partial charge in [-0.15, -0.1) is 18.5 Å². The molecule has 2 aromatic rings. The lowest BCUT2D eigenvalue weighted by Gasteiger charge is -2.15. The number of nitrogens with one attached hydrogen (secondary N) is 1. The maximum atomic E-state index is 12.7. The van der Waals surface area contributed by atoms with E-state index in [-0.39, 0.29) is 30.1 Å². The number of aromatic nitrogens is 1. The first-order valence-electron chi connectivity index (χ1n) is 8.09. The SMILES string of the molecule is COC(=O)c1c(OC)c(=O)c(C(=O)NCc2ccc(P)cc2P)cn1CC=O. The van der Waals surface area contributed by atoms with Gasteiger partial charge in [-0.2, -0.15) is 0 Å². The third-order valence-electron chi connectivity index (χ3n) is 3.95. The van der Waals surface area contributed by atoms with Crippen LogP contribution in [0.15, 0.2) is 29.2 Å². The standard InChI is InChI=1S/C18H20N2O6P2/c1-25-16-14(18(24)26-2)20(5-6-21)9-12(15(16)22)17(23)19-8-10-3-4-11(27)7-13(10)28/h3-4,6-7,9H,5,8,27-28H2,1-2H3,(H,19,23). The molecule has 1 amide bonds. The molecule has 8 nitrogen and oxygen atoms in total. The van der Waals surface area contributed by atoms with Crippen LogP contribution < -0.4 is 26.1 Å². The molecule has 0 saturated heterocycles. The summed E-state index contributed by atoms with van der Waals surface area (Å²) in [6, 6.07) is 5.66. The number of nitrogens with zero attached hydrogens (tertiary/aromatic N) is 1. The van der Waals surface area contributed by atoms with E-state index in [0.29, 0.717) is 6.29 Å². The number of hydrogen-bond donors (Lipinski definition) is 1. The van der Waals surface area contributed by atoms with E-state index in [1.165, 1.54) is 7.11 Å². The second kappa shape index (κ2) is 9.58. The van der Waals surface area contributed by atoms with Crippen molar-refractivity contribution in [2.24, 2.45) is 0 Å². The lowest BCUT2D eigenvalue weighted by Crippen LogP contribution is -2.32. The first kappa shape index (κ1) is 21.7. The van der Waals surface area contributed by atoms with E-state index in [2.05, 4.69) is 28.5 Å². The van der Waals surface area contributed by atoms with Gasteiger partial charge in [-0.1, -0.05) is 12.1 Å². The maximum absolute atomic E-state index is 12.7. The van der Waals surface area contributed by atoms with Gasteiger partial charge in [-0.05, 0) is 22.2 Å². The highest BCUT2D eigenvalue weighted by Gasteiger charge is 2.25. The number of rotatable bonds is 7. The average molecular weight is 422 g/mol. The molecule has 10 heteroatoms. The van der Waals surface area contributed by atoms with Crippen molar-refractivity contribution in [1.29, 1.82) is 0 Å². The van der Waals surface area contributed by atoms with Crippen molar-refractivity contribution >= 4 is 47.3 Å². The molecule has 0 bridgehead atoms. The molecule has 2 unspecified atom stereocenters.